The Balaban J connectivity index is 1.85. The lowest BCUT2D eigenvalue weighted by atomic mass is 9.94. The summed E-state index contributed by atoms with van der Waals surface area (Å²) in [7, 11) is 0. The number of carbonyl (C=O) groups is 1. The second-order valence-corrected chi connectivity index (χ2v) is 6.36. The molecule has 5 nitrogen and oxygen atoms in total. The van der Waals surface area contributed by atoms with Crippen molar-refractivity contribution in [2.24, 2.45) is 5.92 Å². The van der Waals surface area contributed by atoms with Crippen LogP contribution in [0.4, 0.5) is 0 Å². The summed E-state index contributed by atoms with van der Waals surface area (Å²) in [5.41, 5.74) is 2.67. The maximum atomic E-state index is 12.7. The van der Waals surface area contributed by atoms with Gasteiger partial charge in [0, 0.05) is 30.2 Å². The highest BCUT2D eigenvalue weighted by atomic mass is 16.1. The summed E-state index contributed by atoms with van der Waals surface area (Å²) in [5.74, 6) is 1.34. The Kier molecular flexibility index (Phi) is 4.48. The molecule has 2 N–H and O–H groups in total. The van der Waals surface area contributed by atoms with Gasteiger partial charge in [-0.1, -0.05) is 13.0 Å². The van der Waals surface area contributed by atoms with Crippen LogP contribution in [0.2, 0.25) is 0 Å². The number of nitrogens with one attached hydrogen (secondary N) is 2. The smallest absolute Gasteiger partial charge is 0.253 e. The van der Waals surface area contributed by atoms with Crippen LogP contribution in [0.25, 0.3) is 5.82 Å². The fourth-order valence-corrected chi connectivity index (χ4v) is 3.26. The molecule has 1 fully saturated rings. The van der Waals surface area contributed by atoms with Crippen molar-refractivity contribution in [2.75, 3.05) is 13.1 Å². The molecule has 0 aromatic carbocycles. The van der Waals surface area contributed by atoms with Crippen molar-refractivity contribution >= 4 is 5.91 Å². The molecular weight excluding hydrogens is 288 g/mol. The Hall–Kier alpha value is -2.14. The third-order valence-corrected chi connectivity index (χ3v) is 4.70. The molecule has 2 unspecified atom stereocenters. The molecule has 1 aliphatic heterocycles. The average Bonchev–Trinajstić information content (AvgIpc) is 2.85. The monoisotopic (exact) mass is 312 g/mol. The molecule has 23 heavy (non-hydrogen) atoms. The van der Waals surface area contributed by atoms with E-state index in [1.807, 2.05) is 42.7 Å². The number of pyridine rings is 1. The van der Waals surface area contributed by atoms with Gasteiger partial charge in [0.25, 0.3) is 5.91 Å². The predicted octanol–water partition coefficient (Wildman–Crippen LogP) is 2.22. The zero-order chi connectivity index (χ0) is 16.4. The molecule has 1 amide bonds. The van der Waals surface area contributed by atoms with Gasteiger partial charge >= 0.3 is 0 Å². The molecule has 1 aliphatic rings. The lowest BCUT2D eigenvalue weighted by Gasteiger charge is -2.30. The van der Waals surface area contributed by atoms with Crippen molar-refractivity contribution in [1.29, 1.82) is 0 Å². The summed E-state index contributed by atoms with van der Waals surface area (Å²) in [6.45, 7) is 8.04. The van der Waals surface area contributed by atoms with Crippen LogP contribution in [0.15, 0.2) is 30.5 Å². The molecule has 0 aliphatic carbocycles. The van der Waals surface area contributed by atoms with E-state index in [1.54, 1.807) is 6.20 Å². The van der Waals surface area contributed by atoms with Crippen molar-refractivity contribution in [2.45, 2.75) is 33.2 Å². The standard InChI is InChI=1S/C18H24N4O/c1-12-7-9-19-11-16(12)21-18(23)15-10-13(2)22(14(15)3)17-6-4-5-8-20-17/h4-6,8,10,12,16,19H,7,9,11H2,1-3H3,(H,21,23). The van der Waals surface area contributed by atoms with E-state index in [-0.39, 0.29) is 11.9 Å². The Morgan fingerprint density at radius 1 is 1.39 bits per heavy atom. The van der Waals surface area contributed by atoms with E-state index in [0.717, 1.165) is 42.3 Å². The van der Waals surface area contributed by atoms with E-state index >= 15 is 0 Å². The van der Waals surface area contributed by atoms with Crippen molar-refractivity contribution in [1.82, 2.24) is 20.2 Å². The van der Waals surface area contributed by atoms with Gasteiger partial charge in [-0.05, 0) is 50.9 Å². The zero-order valence-electron chi connectivity index (χ0n) is 14.0. The van der Waals surface area contributed by atoms with Crippen LogP contribution in [0.3, 0.4) is 0 Å². The summed E-state index contributed by atoms with van der Waals surface area (Å²) in [4.78, 5) is 17.1. The van der Waals surface area contributed by atoms with E-state index in [4.69, 9.17) is 0 Å². The summed E-state index contributed by atoms with van der Waals surface area (Å²) >= 11 is 0. The van der Waals surface area contributed by atoms with Crippen LogP contribution < -0.4 is 10.6 Å². The van der Waals surface area contributed by atoms with Gasteiger partial charge in [-0.15, -0.1) is 0 Å². The maximum absolute atomic E-state index is 12.7. The van der Waals surface area contributed by atoms with Gasteiger partial charge in [0.05, 0.1) is 5.56 Å². The van der Waals surface area contributed by atoms with E-state index in [9.17, 15) is 4.79 Å². The van der Waals surface area contributed by atoms with Gasteiger partial charge in [-0.2, -0.15) is 0 Å². The number of hydrogen-bond donors (Lipinski definition) is 2. The van der Waals surface area contributed by atoms with Crippen LogP contribution in [-0.2, 0) is 0 Å². The van der Waals surface area contributed by atoms with Crippen molar-refractivity contribution in [3.05, 3.63) is 47.4 Å². The lowest BCUT2D eigenvalue weighted by molar-refractivity contribution is 0.0914. The highest BCUT2D eigenvalue weighted by molar-refractivity contribution is 5.96. The Morgan fingerprint density at radius 2 is 2.22 bits per heavy atom. The first kappa shape index (κ1) is 15.7. The lowest BCUT2D eigenvalue weighted by Crippen LogP contribution is -2.50. The van der Waals surface area contributed by atoms with Crippen LogP contribution in [0.1, 0.15) is 35.1 Å². The highest BCUT2D eigenvalue weighted by Crippen LogP contribution is 2.20. The SMILES string of the molecule is Cc1cc(C(=O)NC2CNCCC2C)c(C)n1-c1ccccn1. The number of aryl methyl sites for hydroxylation is 1. The van der Waals surface area contributed by atoms with Crippen molar-refractivity contribution in [3.8, 4) is 5.82 Å². The molecule has 1 saturated heterocycles. The molecule has 5 heteroatoms. The number of amides is 1. The molecule has 3 rings (SSSR count). The Morgan fingerprint density at radius 3 is 2.91 bits per heavy atom. The first-order chi connectivity index (χ1) is 11.1. The molecule has 0 spiro atoms. The largest absolute Gasteiger partial charge is 0.348 e. The zero-order valence-corrected chi connectivity index (χ0v) is 14.0. The third kappa shape index (κ3) is 3.15. The molecule has 0 saturated carbocycles. The van der Waals surface area contributed by atoms with Crippen LogP contribution >= 0.6 is 0 Å². The molecule has 2 aromatic heterocycles. The van der Waals surface area contributed by atoms with Crippen LogP contribution in [-0.4, -0.2) is 34.6 Å². The first-order valence-electron chi connectivity index (χ1n) is 8.20. The fourth-order valence-electron chi connectivity index (χ4n) is 3.26. The Labute approximate surface area is 137 Å². The summed E-state index contributed by atoms with van der Waals surface area (Å²) in [6.07, 6.45) is 2.86. The quantitative estimate of drug-likeness (QED) is 0.913. The molecule has 3 heterocycles. The predicted molar refractivity (Wildman–Crippen MR) is 90.9 cm³/mol. The average molecular weight is 312 g/mol. The van der Waals surface area contributed by atoms with Gasteiger partial charge in [0.1, 0.15) is 5.82 Å². The highest BCUT2D eigenvalue weighted by Gasteiger charge is 2.25. The molecule has 0 radical (unpaired) electrons. The fraction of sp³-hybridized carbons (Fsp3) is 0.444. The minimum absolute atomic E-state index is 0.000770. The maximum Gasteiger partial charge on any atom is 0.253 e. The topological polar surface area (TPSA) is 59.0 Å². The number of rotatable bonds is 3. The summed E-state index contributed by atoms with van der Waals surface area (Å²) in [5, 5.41) is 6.53. The minimum Gasteiger partial charge on any atom is -0.348 e. The van der Waals surface area contributed by atoms with Gasteiger partial charge in [0.2, 0.25) is 0 Å². The van der Waals surface area contributed by atoms with E-state index in [1.165, 1.54) is 0 Å². The third-order valence-electron chi connectivity index (χ3n) is 4.70. The molecule has 2 aromatic rings. The van der Waals surface area contributed by atoms with Crippen LogP contribution in [0, 0.1) is 19.8 Å². The van der Waals surface area contributed by atoms with Crippen molar-refractivity contribution < 1.29 is 4.79 Å². The molecular formula is C18H24N4O. The number of nitrogens with zero attached hydrogens (tertiary/aromatic N) is 2. The summed E-state index contributed by atoms with van der Waals surface area (Å²) < 4.78 is 2.03. The van der Waals surface area contributed by atoms with E-state index < -0.39 is 0 Å². The normalized spacial score (nSPS) is 21.2. The summed E-state index contributed by atoms with van der Waals surface area (Å²) in [6, 6.07) is 7.93. The van der Waals surface area contributed by atoms with Gasteiger partial charge < -0.3 is 15.2 Å². The van der Waals surface area contributed by atoms with Crippen LogP contribution in [0.5, 0.6) is 0 Å². The number of carbonyl (C=O) groups excluding carboxylic acids is 1. The van der Waals surface area contributed by atoms with Gasteiger partial charge in [-0.3, -0.25) is 4.79 Å². The van der Waals surface area contributed by atoms with E-state index in [0.29, 0.717) is 5.92 Å². The second-order valence-electron chi connectivity index (χ2n) is 6.36. The number of hydrogen-bond acceptors (Lipinski definition) is 3. The Bertz CT molecular complexity index is 693. The second kappa shape index (κ2) is 6.54. The van der Waals surface area contributed by atoms with Gasteiger partial charge in [0.15, 0.2) is 0 Å². The molecule has 2 atom stereocenters. The van der Waals surface area contributed by atoms with Crippen molar-refractivity contribution in [3.63, 3.8) is 0 Å². The number of piperidine rings is 1. The minimum atomic E-state index is 0.000770. The van der Waals surface area contributed by atoms with Gasteiger partial charge in [-0.25, -0.2) is 4.98 Å². The molecule has 0 bridgehead atoms. The molecule has 122 valence electrons. The number of aromatic nitrogens is 2. The van der Waals surface area contributed by atoms with E-state index in [2.05, 4.69) is 22.5 Å². The first-order valence-corrected chi connectivity index (χ1v) is 8.20.